The van der Waals surface area contributed by atoms with Crippen LogP contribution in [-0.2, 0) is 11.2 Å². The van der Waals surface area contributed by atoms with E-state index < -0.39 is 0 Å². The number of rotatable bonds is 6. The van der Waals surface area contributed by atoms with E-state index in [2.05, 4.69) is 6.92 Å². The van der Waals surface area contributed by atoms with Crippen molar-refractivity contribution in [3.63, 3.8) is 0 Å². The van der Waals surface area contributed by atoms with Gasteiger partial charge in [-0.1, -0.05) is 25.1 Å². The van der Waals surface area contributed by atoms with Crippen LogP contribution in [0.2, 0.25) is 0 Å². The summed E-state index contributed by atoms with van der Waals surface area (Å²) in [4.78, 5) is 10.5. The fraction of sp³-hybridized carbons (Fsp3) is 0.417. The second-order valence-corrected chi connectivity index (χ2v) is 3.38. The van der Waals surface area contributed by atoms with Crippen LogP contribution in [0.3, 0.4) is 0 Å². The average molecular weight is 207 g/mol. The third-order valence-corrected chi connectivity index (χ3v) is 2.18. The Morgan fingerprint density at radius 3 is 2.80 bits per heavy atom. The number of para-hydroxylation sites is 1. The summed E-state index contributed by atoms with van der Waals surface area (Å²) in [6.07, 6.45) is 2.01. The van der Waals surface area contributed by atoms with Crippen molar-refractivity contribution in [3.8, 4) is 5.75 Å². The number of aryl methyl sites for hydroxylation is 1. The molecule has 1 rings (SSSR count). The van der Waals surface area contributed by atoms with E-state index in [1.165, 1.54) is 5.56 Å². The fourth-order valence-corrected chi connectivity index (χ4v) is 1.37. The highest BCUT2D eigenvalue weighted by Gasteiger charge is 2.00. The molecule has 0 heterocycles. The molecule has 0 spiro atoms. The number of amides is 1. The van der Waals surface area contributed by atoms with E-state index >= 15 is 0 Å². The lowest BCUT2D eigenvalue weighted by Gasteiger charge is -2.09. The molecule has 0 atom stereocenters. The van der Waals surface area contributed by atoms with Crippen molar-refractivity contribution in [3.05, 3.63) is 29.8 Å². The number of hydrogen-bond acceptors (Lipinski definition) is 2. The number of benzene rings is 1. The number of carbonyl (C=O) groups excluding carboxylic acids is 1. The average Bonchev–Trinajstić information content (AvgIpc) is 2.24. The third kappa shape index (κ3) is 4.02. The third-order valence-electron chi connectivity index (χ3n) is 2.18. The molecule has 15 heavy (non-hydrogen) atoms. The largest absolute Gasteiger partial charge is 0.493 e. The first kappa shape index (κ1) is 11.6. The lowest BCUT2D eigenvalue weighted by Crippen LogP contribution is -2.12. The molecule has 1 aromatic rings. The second-order valence-electron chi connectivity index (χ2n) is 3.38. The van der Waals surface area contributed by atoms with Crippen molar-refractivity contribution in [1.29, 1.82) is 0 Å². The normalized spacial score (nSPS) is 9.93. The summed E-state index contributed by atoms with van der Waals surface area (Å²) in [5, 5.41) is 0. The summed E-state index contributed by atoms with van der Waals surface area (Å²) in [6.45, 7) is 2.63. The van der Waals surface area contributed by atoms with Crippen molar-refractivity contribution in [2.45, 2.75) is 26.2 Å². The molecular formula is C12H17NO2. The molecule has 0 saturated carbocycles. The predicted molar refractivity (Wildman–Crippen MR) is 59.7 cm³/mol. The van der Waals surface area contributed by atoms with Crippen LogP contribution in [0.15, 0.2) is 24.3 Å². The zero-order valence-electron chi connectivity index (χ0n) is 9.03. The van der Waals surface area contributed by atoms with E-state index in [4.69, 9.17) is 10.5 Å². The first-order valence-electron chi connectivity index (χ1n) is 5.23. The molecule has 0 unspecified atom stereocenters. The van der Waals surface area contributed by atoms with Crippen LogP contribution in [0.1, 0.15) is 25.3 Å². The number of carbonyl (C=O) groups is 1. The van der Waals surface area contributed by atoms with Crippen molar-refractivity contribution < 1.29 is 9.53 Å². The number of hydrogen-bond donors (Lipinski definition) is 1. The van der Waals surface area contributed by atoms with Gasteiger partial charge < -0.3 is 10.5 Å². The quantitative estimate of drug-likeness (QED) is 0.724. The molecule has 0 bridgehead atoms. The topological polar surface area (TPSA) is 52.3 Å². The van der Waals surface area contributed by atoms with Gasteiger partial charge in [0.2, 0.25) is 5.91 Å². The van der Waals surface area contributed by atoms with Crippen molar-refractivity contribution in [2.75, 3.05) is 6.61 Å². The standard InChI is InChI=1S/C12H17NO2/c1-2-10-6-3-4-7-11(10)15-9-5-8-12(13)14/h3-4,6-7H,2,5,8-9H2,1H3,(H2,13,14). The van der Waals surface area contributed by atoms with Gasteiger partial charge in [-0.3, -0.25) is 4.79 Å². The van der Waals surface area contributed by atoms with Gasteiger partial charge in [0.15, 0.2) is 0 Å². The fourth-order valence-electron chi connectivity index (χ4n) is 1.37. The summed E-state index contributed by atoms with van der Waals surface area (Å²) < 4.78 is 5.57. The molecule has 3 nitrogen and oxygen atoms in total. The Morgan fingerprint density at radius 1 is 1.40 bits per heavy atom. The first-order valence-corrected chi connectivity index (χ1v) is 5.23. The zero-order chi connectivity index (χ0) is 11.1. The van der Waals surface area contributed by atoms with E-state index in [1.54, 1.807) is 0 Å². The van der Waals surface area contributed by atoms with Gasteiger partial charge in [0.1, 0.15) is 5.75 Å². The van der Waals surface area contributed by atoms with E-state index in [-0.39, 0.29) is 5.91 Å². The highest BCUT2D eigenvalue weighted by molar-refractivity contribution is 5.73. The van der Waals surface area contributed by atoms with E-state index in [1.807, 2.05) is 24.3 Å². The molecular weight excluding hydrogens is 190 g/mol. The molecule has 0 aliphatic rings. The van der Waals surface area contributed by atoms with Crippen LogP contribution < -0.4 is 10.5 Å². The summed E-state index contributed by atoms with van der Waals surface area (Å²) in [7, 11) is 0. The molecule has 2 N–H and O–H groups in total. The Balaban J connectivity index is 2.39. The summed E-state index contributed by atoms with van der Waals surface area (Å²) in [5.41, 5.74) is 6.22. The van der Waals surface area contributed by atoms with Gasteiger partial charge in [-0.2, -0.15) is 0 Å². The van der Waals surface area contributed by atoms with E-state index in [9.17, 15) is 4.79 Å². The maximum absolute atomic E-state index is 10.5. The highest BCUT2D eigenvalue weighted by atomic mass is 16.5. The minimum atomic E-state index is -0.276. The van der Waals surface area contributed by atoms with Crippen LogP contribution in [-0.4, -0.2) is 12.5 Å². The molecule has 82 valence electrons. The summed E-state index contributed by atoms with van der Waals surface area (Å²) >= 11 is 0. The minimum Gasteiger partial charge on any atom is -0.493 e. The highest BCUT2D eigenvalue weighted by Crippen LogP contribution is 2.18. The Hall–Kier alpha value is -1.51. The lowest BCUT2D eigenvalue weighted by molar-refractivity contribution is -0.118. The number of ether oxygens (including phenoxy) is 1. The van der Waals surface area contributed by atoms with Crippen LogP contribution in [0.4, 0.5) is 0 Å². The number of nitrogens with two attached hydrogens (primary N) is 1. The first-order chi connectivity index (χ1) is 7.24. The SMILES string of the molecule is CCc1ccccc1OCCCC(N)=O. The van der Waals surface area contributed by atoms with Crippen molar-refractivity contribution in [1.82, 2.24) is 0 Å². The van der Waals surface area contributed by atoms with Gasteiger partial charge in [-0.25, -0.2) is 0 Å². The Morgan fingerprint density at radius 2 is 2.13 bits per heavy atom. The Labute approximate surface area is 90.2 Å². The van der Waals surface area contributed by atoms with Crippen LogP contribution in [0, 0.1) is 0 Å². The lowest BCUT2D eigenvalue weighted by atomic mass is 10.1. The van der Waals surface area contributed by atoms with E-state index in [0.717, 1.165) is 12.2 Å². The molecule has 0 saturated heterocycles. The summed E-state index contributed by atoms with van der Waals surface area (Å²) in [6, 6.07) is 7.93. The van der Waals surface area contributed by atoms with Crippen LogP contribution in [0.25, 0.3) is 0 Å². The van der Waals surface area contributed by atoms with Crippen molar-refractivity contribution >= 4 is 5.91 Å². The predicted octanol–water partition coefficient (Wildman–Crippen LogP) is 1.89. The monoisotopic (exact) mass is 207 g/mol. The molecule has 0 aromatic heterocycles. The van der Waals surface area contributed by atoms with Gasteiger partial charge in [0.05, 0.1) is 6.61 Å². The molecule has 3 heteroatoms. The van der Waals surface area contributed by atoms with Gasteiger partial charge in [-0.15, -0.1) is 0 Å². The van der Waals surface area contributed by atoms with Crippen molar-refractivity contribution in [2.24, 2.45) is 5.73 Å². The maximum Gasteiger partial charge on any atom is 0.217 e. The maximum atomic E-state index is 10.5. The van der Waals surface area contributed by atoms with Crippen LogP contribution >= 0.6 is 0 Å². The molecule has 0 radical (unpaired) electrons. The minimum absolute atomic E-state index is 0.276. The smallest absolute Gasteiger partial charge is 0.217 e. The summed E-state index contributed by atoms with van der Waals surface area (Å²) in [5.74, 6) is 0.631. The molecule has 0 aliphatic heterocycles. The van der Waals surface area contributed by atoms with E-state index in [0.29, 0.717) is 19.4 Å². The Kier molecular flexibility index (Phi) is 4.68. The van der Waals surface area contributed by atoms with Gasteiger partial charge in [0, 0.05) is 6.42 Å². The van der Waals surface area contributed by atoms with Gasteiger partial charge in [-0.05, 0) is 24.5 Å². The second kappa shape index (κ2) is 6.06. The Bertz CT molecular complexity index is 323. The zero-order valence-corrected chi connectivity index (χ0v) is 9.03. The molecule has 0 fully saturated rings. The van der Waals surface area contributed by atoms with Crippen LogP contribution in [0.5, 0.6) is 5.75 Å². The van der Waals surface area contributed by atoms with Gasteiger partial charge in [0.25, 0.3) is 0 Å². The molecule has 0 aliphatic carbocycles. The number of primary amides is 1. The van der Waals surface area contributed by atoms with Gasteiger partial charge >= 0.3 is 0 Å². The molecule has 1 amide bonds. The molecule has 1 aromatic carbocycles.